The van der Waals surface area contributed by atoms with Crippen LogP contribution >= 0.6 is 11.3 Å². The SMILES string of the molecule is CCC(C)NCc1sc(CCN(C)C)nc1C(C)(C)C. The molecule has 20 heavy (non-hydrogen) atoms. The predicted molar refractivity (Wildman–Crippen MR) is 89.7 cm³/mol. The van der Waals surface area contributed by atoms with Gasteiger partial charge in [-0.1, -0.05) is 27.7 Å². The molecule has 1 unspecified atom stereocenters. The first kappa shape index (κ1) is 17.6. The molecule has 1 N–H and O–H groups in total. The molecule has 0 aromatic carbocycles. The highest BCUT2D eigenvalue weighted by Gasteiger charge is 2.23. The van der Waals surface area contributed by atoms with Gasteiger partial charge in [-0.05, 0) is 27.4 Å². The fraction of sp³-hybridized carbons (Fsp3) is 0.812. The second-order valence-electron chi connectivity index (χ2n) is 6.87. The third kappa shape index (κ3) is 5.51. The van der Waals surface area contributed by atoms with Gasteiger partial charge in [0.05, 0.1) is 10.7 Å². The average molecular weight is 298 g/mol. The first-order chi connectivity index (χ1) is 9.24. The van der Waals surface area contributed by atoms with Crippen LogP contribution in [0.2, 0.25) is 0 Å². The molecule has 0 fully saturated rings. The van der Waals surface area contributed by atoms with Crippen LogP contribution in [0.25, 0.3) is 0 Å². The largest absolute Gasteiger partial charge is 0.309 e. The summed E-state index contributed by atoms with van der Waals surface area (Å²) in [6.45, 7) is 13.2. The molecule has 0 radical (unpaired) electrons. The van der Waals surface area contributed by atoms with Gasteiger partial charge < -0.3 is 10.2 Å². The number of rotatable bonds is 7. The van der Waals surface area contributed by atoms with Crippen LogP contribution in [0.15, 0.2) is 0 Å². The van der Waals surface area contributed by atoms with Gasteiger partial charge in [0, 0.05) is 35.8 Å². The highest BCUT2D eigenvalue weighted by molar-refractivity contribution is 7.11. The maximum absolute atomic E-state index is 4.91. The highest BCUT2D eigenvalue weighted by atomic mass is 32.1. The summed E-state index contributed by atoms with van der Waals surface area (Å²) in [7, 11) is 4.23. The molecule has 1 aromatic heterocycles. The first-order valence-corrected chi connectivity index (χ1v) is 8.42. The lowest BCUT2D eigenvalue weighted by Crippen LogP contribution is -2.25. The minimum atomic E-state index is 0.124. The van der Waals surface area contributed by atoms with E-state index in [0.717, 1.165) is 25.9 Å². The Morgan fingerprint density at radius 2 is 1.95 bits per heavy atom. The third-order valence-electron chi connectivity index (χ3n) is 3.45. The summed E-state index contributed by atoms with van der Waals surface area (Å²) in [5.74, 6) is 0. The molecule has 0 spiro atoms. The van der Waals surface area contributed by atoms with Gasteiger partial charge >= 0.3 is 0 Å². The van der Waals surface area contributed by atoms with Crippen molar-refractivity contribution in [3.63, 3.8) is 0 Å². The van der Waals surface area contributed by atoms with E-state index in [1.54, 1.807) is 0 Å². The van der Waals surface area contributed by atoms with E-state index in [1.807, 2.05) is 11.3 Å². The fourth-order valence-corrected chi connectivity index (χ4v) is 3.16. The second-order valence-corrected chi connectivity index (χ2v) is 8.04. The van der Waals surface area contributed by atoms with Crippen LogP contribution < -0.4 is 5.32 Å². The number of likely N-dealkylation sites (N-methyl/N-ethyl adjacent to an activating group) is 1. The van der Waals surface area contributed by atoms with Gasteiger partial charge in [0.25, 0.3) is 0 Å². The van der Waals surface area contributed by atoms with Gasteiger partial charge in [-0.15, -0.1) is 11.3 Å². The molecule has 0 saturated carbocycles. The Labute approximate surface area is 128 Å². The molecule has 1 aromatic rings. The van der Waals surface area contributed by atoms with E-state index in [2.05, 4.69) is 58.9 Å². The molecule has 3 nitrogen and oxygen atoms in total. The molecule has 0 aliphatic carbocycles. The molecule has 1 atom stereocenters. The van der Waals surface area contributed by atoms with Crippen molar-refractivity contribution >= 4 is 11.3 Å². The molecule has 0 bridgehead atoms. The zero-order valence-electron chi connectivity index (χ0n) is 14.2. The molecule has 1 heterocycles. The summed E-state index contributed by atoms with van der Waals surface area (Å²) in [5.41, 5.74) is 1.39. The number of nitrogens with one attached hydrogen (secondary N) is 1. The molecule has 0 saturated heterocycles. The van der Waals surface area contributed by atoms with E-state index in [1.165, 1.54) is 15.6 Å². The lowest BCUT2D eigenvalue weighted by Gasteiger charge is -2.19. The van der Waals surface area contributed by atoms with Gasteiger partial charge in [0.2, 0.25) is 0 Å². The first-order valence-electron chi connectivity index (χ1n) is 7.61. The standard InChI is InChI=1S/C16H31N3S/c1-8-12(2)17-11-13-15(16(3,4)5)18-14(20-13)9-10-19(6)7/h12,17H,8-11H2,1-7H3. The van der Waals surface area contributed by atoms with E-state index < -0.39 is 0 Å². The summed E-state index contributed by atoms with van der Waals surface area (Å²) in [5, 5.41) is 4.87. The molecule has 0 aliphatic heterocycles. The minimum absolute atomic E-state index is 0.124. The Hall–Kier alpha value is -0.450. The maximum Gasteiger partial charge on any atom is 0.0944 e. The van der Waals surface area contributed by atoms with Gasteiger partial charge in [-0.2, -0.15) is 0 Å². The Balaban J connectivity index is 2.84. The lowest BCUT2D eigenvalue weighted by atomic mass is 9.91. The number of hydrogen-bond donors (Lipinski definition) is 1. The number of thiazole rings is 1. The van der Waals surface area contributed by atoms with E-state index in [0.29, 0.717) is 6.04 Å². The second kappa shape index (κ2) is 7.53. The van der Waals surface area contributed by atoms with Crippen molar-refractivity contribution in [2.75, 3.05) is 20.6 Å². The van der Waals surface area contributed by atoms with E-state index in [-0.39, 0.29) is 5.41 Å². The molecular weight excluding hydrogens is 266 g/mol. The molecule has 4 heteroatoms. The van der Waals surface area contributed by atoms with Crippen molar-refractivity contribution in [1.29, 1.82) is 0 Å². The van der Waals surface area contributed by atoms with Gasteiger partial charge in [-0.3, -0.25) is 0 Å². The smallest absolute Gasteiger partial charge is 0.0944 e. The van der Waals surface area contributed by atoms with E-state index >= 15 is 0 Å². The predicted octanol–water partition coefficient (Wildman–Crippen LogP) is 3.43. The van der Waals surface area contributed by atoms with Crippen molar-refractivity contribution in [3.05, 3.63) is 15.6 Å². The Morgan fingerprint density at radius 1 is 1.30 bits per heavy atom. The summed E-state index contributed by atoms with van der Waals surface area (Å²) in [6, 6.07) is 0.565. The Kier molecular flexibility index (Phi) is 6.62. The lowest BCUT2D eigenvalue weighted by molar-refractivity contribution is 0.413. The Morgan fingerprint density at radius 3 is 2.45 bits per heavy atom. The zero-order chi connectivity index (χ0) is 15.3. The van der Waals surface area contributed by atoms with Crippen LogP contribution in [-0.2, 0) is 18.4 Å². The highest BCUT2D eigenvalue weighted by Crippen LogP contribution is 2.30. The maximum atomic E-state index is 4.91. The van der Waals surface area contributed by atoms with Crippen LogP contribution in [0.4, 0.5) is 0 Å². The van der Waals surface area contributed by atoms with E-state index in [9.17, 15) is 0 Å². The molecule has 116 valence electrons. The Bertz CT molecular complexity index is 404. The molecule has 0 amide bonds. The number of aromatic nitrogens is 1. The zero-order valence-corrected chi connectivity index (χ0v) is 15.0. The molecular formula is C16H31N3S. The normalized spacial score (nSPS) is 14.0. The average Bonchev–Trinajstić information content (AvgIpc) is 2.76. The topological polar surface area (TPSA) is 28.2 Å². The monoisotopic (exact) mass is 297 g/mol. The van der Waals surface area contributed by atoms with Crippen molar-refractivity contribution in [3.8, 4) is 0 Å². The van der Waals surface area contributed by atoms with Crippen LogP contribution in [0.3, 0.4) is 0 Å². The summed E-state index contributed by atoms with van der Waals surface area (Å²) >= 11 is 1.88. The van der Waals surface area contributed by atoms with Crippen molar-refractivity contribution in [1.82, 2.24) is 15.2 Å². The van der Waals surface area contributed by atoms with Crippen molar-refractivity contribution in [2.24, 2.45) is 0 Å². The summed E-state index contributed by atoms with van der Waals surface area (Å²) < 4.78 is 0. The van der Waals surface area contributed by atoms with Crippen LogP contribution in [-0.4, -0.2) is 36.6 Å². The summed E-state index contributed by atoms with van der Waals surface area (Å²) in [6.07, 6.45) is 2.21. The van der Waals surface area contributed by atoms with Crippen LogP contribution in [0.5, 0.6) is 0 Å². The van der Waals surface area contributed by atoms with Crippen molar-refractivity contribution < 1.29 is 0 Å². The van der Waals surface area contributed by atoms with Crippen LogP contribution in [0, 0.1) is 0 Å². The molecule has 1 rings (SSSR count). The summed E-state index contributed by atoms with van der Waals surface area (Å²) in [4.78, 5) is 8.54. The molecule has 0 aliphatic rings. The van der Waals surface area contributed by atoms with Gasteiger partial charge in [-0.25, -0.2) is 4.98 Å². The quantitative estimate of drug-likeness (QED) is 0.835. The van der Waals surface area contributed by atoms with Crippen molar-refractivity contribution in [2.45, 2.75) is 65.5 Å². The minimum Gasteiger partial charge on any atom is -0.309 e. The third-order valence-corrected chi connectivity index (χ3v) is 4.56. The fourth-order valence-electron chi connectivity index (χ4n) is 1.94. The van der Waals surface area contributed by atoms with Crippen LogP contribution in [0.1, 0.15) is 56.6 Å². The number of nitrogens with zero attached hydrogens (tertiary/aromatic N) is 2. The number of hydrogen-bond acceptors (Lipinski definition) is 4. The van der Waals surface area contributed by atoms with E-state index in [4.69, 9.17) is 4.98 Å². The van der Waals surface area contributed by atoms with Gasteiger partial charge in [0.1, 0.15) is 0 Å². The van der Waals surface area contributed by atoms with Gasteiger partial charge in [0.15, 0.2) is 0 Å².